The molecule has 0 radical (unpaired) electrons. The van der Waals surface area contributed by atoms with Gasteiger partial charge >= 0.3 is 11.9 Å². The van der Waals surface area contributed by atoms with Gasteiger partial charge in [0.15, 0.2) is 0 Å². The lowest BCUT2D eigenvalue weighted by Crippen LogP contribution is -2.45. The molecule has 8 nitrogen and oxygen atoms in total. The molecule has 3 rings (SSSR count). The minimum Gasteiger partial charge on any atom is -0.497 e. The Morgan fingerprint density at radius 1 is 0.871 bits per heavy atom. The predicted molar refractivity (Wildman–Crippen MR) is 117 cm³/mol. The molecule has 0 saturated carbocycles. The Hall–Kier alpha value is -3.10. The topological polar surface area (TPSA) is 99.5 Å². The molecule has 0 aliphatic carbocycles. The number of ether oxygens (including phenoxy) is 2. The fourth-order valence-corrected chi connectivity index (χ4v) is 3.40. The Morgan fingerprint density at radius 3 is 2.00 bits per heavy atom. The Kier molecular flexibility index (Phi) is 9.30. The smallest absolute Gasteiger partial charge is 0.414 e. The van der Waals surface area contributed by atoms with Crippen LogP contribution in [0.4, 0.5) is 0 Å². The van der Waals surface area contributed by atoms with Gasteiger partial charge in [0.1, 0.15) is 11.5 Å². The second kappa shape index (κ2) is 11.9. The molecule has 0 amide bonds. The van der Waals surface area contributed by atoms with Gasteiger partial charge < -0.3 is 19.7 Å². The quantitative estimate of drug-likeness (QED) is 0.675. The molecule has 8 heteroatoms. The summed E-state index contributed by atoms with van der Waals surface area (Å²) in [5.41, 5.74) is 3.96. The lowest BCUT2D eigenvalue weighted by Gasteiger charge is -2.35. The molecule has 0 bridgehead atoms. The zero-order valence-corrected chi connectivity index (χ0v) is 18.2. The summed E-state index contributed by atoms with van der Waals surface area (Å²) in [7, 11) is 3.40. The first-order valence-corrected chi connectivity index (χ1v) is 9.99. The predicted octanol–water partition coefficient (Wildman–Crippen LogP) is 2.49. The van der Waals surface area contributed by atoms with Crippen LogP contribution < -0.4 is 9.47 Å². The number of carboxylic acid groups (broad SMARTS) is 2. The second-order valence-corrected chi connectivity index (χ2v) is 7.33. The van der Waals surface area contributed by atoms with Crippen molar-refractivity contribution in [2.45, 2.75) is 20.0 Å². The van der Waals surface area contributed by atoms with Crippen molar-refractivity contribution in [2.24, 2.45) is 0 Å². The molecule has 2 aromatic rings. The Bertz CT molecular complexity index is 866. The lowest BCUT2D eigenvalue weighted by molar-refractivity contribution is -0.159. The molecule has 2 N–H and O–H groups in total. The molecule has 0 atom stereocenters. The van der Waals surface area contributed by atoms with Gasteiger partial charge in [-0.2, -0.15) is 0 Å². The average Bonchev–Trinajstić information content (AvgIpc) is 2.76. The summed E-state index contributed by atoms with van der Waals surface area (Å²) in [6.45, 7) is 8.50. The summed E-state index contributed by atoms with van der Waals surface area (Å²) >= 11 is 0. The van der Waals surface area contributed by atoms with Gasteiger partial charge in [0, 0.05) is 50.9 Å². The highest BCUT2D eigenvalue weighted by molar-refractivity contribution is 6.27. The Labute approximate surface area is 182 Å². The summed E-state index contributed by atoms with van der Waals surface area (Å²) < 4.78 is 10.8. The van der Waals surface area contributed by atoms with Crippen LogP contribution in [0.5, 0.6) is 11.5 Å². The minimum absolute atomic E-state index is 0.837. The maximum Gasteiger partial charge on any atom is 0.414 e. The number of carboxylic acids is 2. The van der Waals surface area contributed by atoms with Crippen molar-refractivity contribution in [1.82, 2.24) is 9.80 Å². The standard InChI is InChI=1S/C21H28N2O2.C2H2O4/c1-17-5-4-6-18(13-17)15-22-9-11-23(12-10-22)16-19-7-8-20(24-2)14-21(19)25-3;3-1(4)2(5)6/h4-8,13-14H,9-12,15-16H2,1-3H3;(H,3,4)(H,5,6). The number of piperazine rings is 1. The van der Waals surface area contributed by atoms with Crippen LogP contribution in [0.15, 0.2) is 42.5 Å². The first kappa shape index (κ1) is 24.2. The maximum atomic E-state index is 9.10. The van der Waals surface area contributed by atoms with E-state index in [0.717, 1.165) is 50.8 Å². The third-order valence-electron chi connectivity index (χ3n) is 5.02. The number of hydrogen-bond acceptors (Lipinski definition) is 6. The van der Waals surface area contributed by atoms with Gasteiger partial charge in [0.2, 0.25) is 0 Å². The lowest BCUT2D eigenvalue weighted by atomic mass is 10.1. The van der Waals surface area contributed by atoms with Gasteiger partial charge in [-0.1, -0.05) is 35.9 Å². The highest BCUT2D eigenvalue weighted by Gasteiger charge is 2.18. The molecular formula is C23H30N2O6. The Morgan fingerprint density at radius 2 is 1.48 bits per heavy atom. The molecule has 1 fully saturated rings. The number of aryl methyl sites for hydroxylation is 1. The van der Waals surface area contributed by atoms with E-state index >= 15 is 0 Å². The second-order valence-electron chi connectivity index (χ2n) is 7.33. The van der Waals surface area contributed by atoms with Crippen molar-refractivity contribution in [3.05, 3.63) is 59.2 Å². The largest absolute Gasteiger partial charge is 0.497 e. The van der Waals surface area contributed by atoms with Crippen LogP contribution in [0.2, 0.25) is 0 Å². The first-order chi connectivity index (χ1) is 14.8. The van der Waals surface area contributed by atoms with E-state index in [0.29, 0.717) is 0 Å². The van der Waals surface area contributed by atoms with Gasteiger partial charge in [-0.25, -0.2) is 9.59 Å². The molecule has 31 heavy (non-hydrogen) atoms. The number of benzene rings is 2. The van der Waals surface area contributed by atoms with Crippen molar-refractivity contribution < 1.29 is 29.3 Å². The molecule has 1 aliphatic heterocycles. The summed E-state index contributed by atoms with van der Waals surface area (Å²) in [4.78, 5) is 23.2. The fraction of sp³-hybridized carbons (Fsp3) is 0.391. The average molecular weight is 431 g/mol. The van der Waals surface area contributed by atoms with Crippen LogP contribution in [0.25, 0.3) is 0 Å². The number of rotatable bonds is 6. The number of nitrogens with zero attached hydrogens (tertiary/aromatic N) is 2. The SMILES string of the molecule is COc1ccc(CN2CCN(Cc3cccc(C)c3)CC2)c(OC)c1.O=C(O)C(=O)O. The zero-order chi connectivity index (χ0) is 22.8. The first-order valence-electron chi connectivity index (χ1n) is 9.99. The fourth-order valence-electron chi connectivity index (χ4n) is 3.40. The highest BCUT2D eigenvalue weighted by Crippen LogP contribution is 2.26. The van der Waals surface area contributed by atoms with Gasteiger partial charge in [0.05, 0.1) is 14.2 Å². The third kappa shape index (κ3) is 7.92. The van der Waals surface area contributed by atoms with Crippen LogP contribution in [0.1, 0.15) is 16.7 Å². The van der Waals surface area contributed by atoms with E-state index in [4.69, 9.17) is 29.3 Å². The van der Waals surface area contributed by atoms with E-state index in [2.05, 4.69) is 47.1 Å². The van der Waals surface area contributed by atoms with E-state index in [1.165, 1.54) is 16.7 Å². The van der Waals surface area contributed by atoms with Crippen LogP contribution in [-0.2, 0) is 22.7 Å². The van der Waals surface area contributed by atoms with Crippen LogP contribution in [0.3, 0.4) is 0 Å². The van der Waals surface area contributed by atoms with E-state index < -0.39 is 11.9 Å². The van der Waals surface area contributed by atoms with E-state index in [1.54, 1.807) is 14.2 Å². The molecule has 168 valence electrons. The van der Waals surface area contributed by atoms with Crippen LogP contribution >= 0.6 is 0 Å². The summed E-state index contributed by atoms with van der Waals surface area (Å²) in [6, 6.07) is 14.9. The van der Waals surface area contributed by atoms with Gasteiger partial charge in [0.25, 0.3) is 0 Å². The van der Waals surface area contributed by atoms with Crippen molar-refractivity contribution in [3.63, 3.8) is 0 Å². The minimum atomic E-state index is -1.82. The van der Waals surface area contributed by atoms with Crippen LogP contribution in [-0.4, -0.2) is 72.4 Å². The monoisotopic (exact) mass is 430 g/mol. The number of hydrogen-bond donors (Lipinski definition) is 2. The van der Waals surface area contributed by atoms with E-state index in [1.807, 2.05) is 12.1 Å². The Balaban J connectivity index is 0.000000501. The third-order valence-corrected chi connectivity index (χ3v) is 5.02. The van der Waals surface area contributed by atoms with E-state index in [9.17, 15) is 0 Å². The molecule has 0 aromatic heterocycles. The maximum absolute atomic E-state index is 9.10. The highest BCUT2D eigenvalue weighted by atomic mass is 16.5. The van der Waals surface area contributed by atoms with Crippen molar-refractivity contribution in [2.75, 3.05) is 40.4 Å². The van der Waals surface area contributed by atoms with Crippen LogP contribution in [0, 0.1) is 6.92 Å². The number of carbonyl (C=O) groups is 2. The number of methoxy groups -OCH3 is 2. The number of aliphatic carboxylic acids is 2. The van der Waals surface area contributed by atoms with Gasteiger partial charge in [-0.05, 0) is 18.6 Å². The summed E-state index contributed by atoms with van der Waals surface area (Å²) in [5.74, 6) is -1.91. The zero-order valence-electron chi connectivity index (χ0n) is 18.2. The van der Waals surface area contributed by atoms with Crippen molar-refractivity contribution in [1.29, 1.82) is 0 Å². The van der Waals surface area contributed by atoms with Gasteiger partial charge in [-0.15, -0.1) is 0 Å². The molecule has 1 heterocycles. The molecule has 0 spiro atoms. The molecular weight excluding hydrogens is 400 g/mol. The van der Waals surface area contributed by atoms with Crippen molar-refractivity contribution >= 4 is 11.9 Å². The normalized spacial score (nSPS) is 14.3. The summed E-state index contributed by atoms with van der Waals surface area (Å²) in [6.07, 6.45) is 0. The molecule has 2 aromatic carbocycles. The molecule has 1 aliphatic rings. The summed E-state index contributed by atoms with van der Waals surface area (Å²) in [5, 5.41) is 14.8. The van der Waals surface area contributed by atoms with Crippen molar-refractivity contribution in [3.8, 4) is 11.5 Å². The molecule has 1 saturated heterocycles. The van der Waals surface area contributed by atoms with Gasteiger partial charge in [-0.3, -0.25) is 9.80 Å². The molecule has 0 unspecified atom stereocenters. The van der Waals surface area contributed by atoms with E-state index in [-0.39, 0.29) is 0 Å².